The molecule has 1 aromatic carbocycles. The molecule has 0 fully saturated rings. The lowest BCUT2D eigenvalue weighted by Crippen LogP contribution is -2.40. The first-order chi connectivity index (χ1) is 13.8. The van der Waals surface area contributed by atoms with Gasteiger partial charge in [-0.15, -0.1) is 0 Å². The first kappa shape index (κ1) is 19.1. The van der Waals surface area contributed by atoms with E-state index in [0.717, 1.165) is 11.3 Å². The summed E-state index contributed by atoms with van der Waals surface area (Å²) in [4.78, 5) is 9.18. The quantitative estimate of drug-likeness (QED) is 0.495. The Morgan fingerprint density at radius 2 is 1.86 bits per heavy atom. The maximum atomic E-state index is 14.2. The van der Waals surface area contributed by atoms with Crippen LogP contribution in [-0.4, -0.2) is 25.1 Å². The predicted octanol–water partition coefficient (Wildman–Crippen LogP) is 4.14. The number of anilines is 1. The minimum Gasteiger partial charge on any atom is -0.458 e. The molecule has 0 bridgehead atoms. The zero-order valence-electron chi connectivity index (χ0n) is 16.8. The van der Waals surface area contributed by atoms with Crippen molar-refractivity contribution in [2.45, 2.75) is 39.7 Å². The molecule has 7 nitrogen and oxygen atoms in total. The molecule has 29 heavy (non-hydrogen) atoms. The number of nitrogens with zero attached hydrogens (tertiary/aromatic N) is 4. The SMILES string of the molecule is Cc1ccc(-c2nc(NNC(C)(C)C)nc3c(Cc4ccccc4F)cnn23)o1. The van der Waals surface area contributed by atoms with Crippen LogP contribution in [0, 0.1) is 12.7 Å². The van der Waals surface area contributed by atoms with Crippen molar-refractivity contribution in [3.8, 4) is 11.6 Å². The van der Waals surface area contributed by atoms with Gasteiger partial charge in [-0.3, -0.25) is 5.43 Å². The van der Waals surface area contributed by atoms with E-state index in [1.807, 2.05) is 45.9 Å². The molecule has 0 saturated heterocycles. The van der Waals surface area contributed by atoms with E-state index in [9.17, 15) is 4.39 Å². The maximum Gasteiger partial charge on any atom is 0.241 e. The van der Waals surface area contributed by atoms with E-state index in [-0.39, 0.29) is 11.4 Å². The number of aromatic nitrogens is 4. The largest absolute Gasteiger partial charge is 0.458 e. The molecule has 2 N–H and O–H groups in total. The van der Waals surface area contributed by atoms with Crippen LogP contribution < -0.4 is 10.9 Å². The van der Waals surface area contributed by atoms with Crippen molar-refractivity contribution in [2.75, 3.05) is 5.43 Å². The molecule has 4 rings (SSSR count). The fourth-order valence-electron chi connectivity index (χ4n) is 2.91. The standard InChI is InChI=1S/C21H23FN6O/c1-13-9-10-17(29-13)19-25-20(26-27-21(2,3)4)24-18-15(12-23-28(18)19)11-14-7-5-6-8-16(14)22/h5-10,12,27H,11H2,1-4H3,(H,24,26). The van der Waals surface area contributed by atoms with Gasteiger partial charge in [0.15, 0.2) is 11.4 Å². The third kappa shape index (κ3) is 4.12. The van der Waals surface area contributed by atoms with Crippen LogP contribution in [0.5, 0.6) is 0 Å². The predicted molar refractivity (Wildman–Crippen MR) is 109 cm³/mol. The number of nitrogens with one attached hydrogen (secondary N) is 2. The second kappa shape index (κ2) is 7.29. The van der Waals surface area contributed by atoms with Crippen LogP contribution in [0.3, 0.4) is 0 Å². The average Bonchev–Trinajstić information content (AvgIpc) is 3.27. The van der Waals surface area contributed by atoms with Crippen LogP contribution in [0.1, 0.15) is 37.7 Å². The minimum absolute atomic E-state index is 0.187. The van der Waals surface area contributed by atoms with E-state index >= 15 is 0 Å². The second-order valence-corrected chi connectivity index (χ2v) is 7.95. The Labute approximate surface area is 168 Å². The van der Waals surface area contributed by atoms with Gasteiger partial charge in [0, 0.05) is 17.5 Å². The number of hydrazine groups is 1. The Bertz CT molecular complexity index is 1160. The van der Waals surface area contributed by atoms with Crippen molar-refractivity contribution in [3.05, 3.63) is 65.3 Å². The van der Waals surface area contributed by atoms with Crippen molar-refractivity contribution in [3.63, 3.8) is 0 Å². The van der Waals surface area contributed by atoms with E-state index < -0.39 is 0 Å². The van der Waals surface area contributed by atoms with Crippen LogP contribution in [0.25, 0.3) is 17.2 Å². The first-order valence-corrected chi connectivity index (χ1v) is 9.38. The van der Waals surface area contributed by atoms with E-state index in [1.54, 1.807) is 22.8 Å². The Morgan fingerprint density at radius 1 is 1.07 bits per heavy atom. The molecule has 150 valence electrons. The van der Waals surface area contributed by atoms with Gasteiger partial charge in [0.25, 0.3) is 0 Å². The molecule has 0 aliphatic carbocycles. The van der Waals surface area contributed by atoms with Crippen molar-refractivity contribution in [2.24, 2.45) is 0 Å². The fraction of sp³-hybridized carbons (Fsp3) is 0.286. The van der Waals surface area contributed by atoms with Crippen LogP contribution in [0.4, 0.5) is 10.3 Å². The highest BCUT2D eigenvalue weighted by Gasteiger charge is 2.18. The van der Waals surface area contributed by atoms with E-state index in [0.29, 0.717) is 35.2 Å². The van der Waals surface area contributed by atoms with Crippen LogP contribution >= 0.6 is 0 Å². The molecule has 0 spiro atoms. The number of hydrogen-bond donors (Lipinski definition) is 2. The van der Waals surface area contributed by atoms with Crippen LogP contribution in [0.15, 0.2) is 47.0 Å². The van der Waals surface area contributed by atoms with E-state index in [1.165, 1.54) is 6.07 Å². The normalized spacial score (nSPS) is 11.9. The number of rotatable bonds is 5. The average molecular weight is 394 g/mol. The summed E-state index contributed by atoms with van der Waals surface area (Å²) in [6.45, 7) is 7.95. The maximum absolute atomic E-state index is 14.2. The van der Waals surface area contributed by atoms with Gasteiger partial charge in [-0.1, -0.05) is 18.2 Å². The number of aryl methyl sites for hydroxylation is 1. The summed E-state index contributed by atoms with van der Waals surface area (Å²) >= 11 is 0. The number of halogens is 1. The zero-order chi connectivity index (χ0) is 20.6. The van der Waals surface area contributed by atoms with E-state index in [2.05, 4.69) is 25.9 Å². The summed E-state index contributed by atoms with van der Waals surface area (Å²) in [6, 6.07) is 10.4. The van der Waals surface area contributed by atoms with Gasteiger partial charge in [0.1, 0.15) is 11.6 Å². The molecule has 0 amide bonds. The molecule has 0 radical (unpaired) electrons. The Hall–Kier alpha value is -3.26. The van der Waals surface area contributed by atoms with Gasteiger partial charge in [-0.25, -0.2) is 9.82 Å². The summed E-state index contributed by atoms with van der Waals surface area (Å²) in [5, 5.41) is 4.44. The molecule has 0 aliphatic heterocycles. The van der Waals surface area contributed by atoms with Crippen molar-refractivity contribution in [1.29, 1.82) is 0 Å². The highest BCUT2D eigenvalue weighted by Crippen LogP contribution is 2.24. The number of furan rings is 1. The van der Waals surface area contributed by atoms with Gasteiger partial charge < -0.3 is 4.42 Å². The number of benzene rings is 1. The zero-order valence-corrected chi connectivity index (χ0v) is 16.8. The Kier molecular flexibility index (Phi) is 4.79. The highest BCUT2D eigenvalue weighted by atomic mass is 19.1. The lowest BCUT2D eigenvalue weighted by atomic mass is 10.1. The summed E-state index contributed by atoms with van der Waals surface area (Å²) in [5.41, 5.74) is 7.99. The van der Waals surface area contributed by atoms with Gasteiger partial charge in [0.2, 0.25) is 11.8 Å². The molecule has 0 unspecified atom stereocenters. The van der Waals surface area contributed by atoms with Gasteiger partial charge in [-0.05, 0) is 51.5 Å². The van der Waals surface area contributed by atoms with Crippen molar-refractivity contribution < 1.29 is 8.81 Å². The monoisotopic (exact) mass is 394 g/mol. The van der Waals surface area contributed by atoms with Crippen LogP contribution in [-0.2, 0) is 6.42 Å². The van der Waals surface area contributed by atoms with Gasteiger partial charge >= 0.3 is 0 Å². The Morgan fingerprint density at radius 3 is 2.55 bits per heavy atom. The topological polar surface area (TPSA) is 80.3 Å². The van der Waals surface area contributed by atoms with Gasteiger partial charge in [0.05, 0.1) is 6.20 Å². The second-order valence-electron chi connectivity index (χ2n) is 7.95. The van der Waals surface area contributed by atoms with Crippen molar-refractivity contribution >= 4 is 11.6 Å². The summed E-state index contributed by atoms with van der Waals surface area (Å²) in [6.07, 6.45) is 2.06. The van der Waals surface area contributed by atoms with Crippen molar-refractivity contribution in [1.82, 2.24) is 25.0 Å². The number of fused-ring (bicyclic) bond motifs is 1. The summed E-state index contributed by atoms with van der Waals surface area (Å²) < 4.78 is 21.5. The highest BCUT2D eigenvalue weighted by molar-refractivity contribution is 5.60. The lowest BCUT2D eigenvalue weighted by Gasteiger charge is -2.21. The minimum atomic E-state index is -0.254. The van der Waals surface area contributed by atoms with Crippen LogP contribution in [0.2, 0.25) is 0 Å². The Balaban J connectivity index is 1.81. The molecule has 0 atom stereocenters. The molecular formula is C21H23FN6O. The molecule has 3 aromatic heterocycles. The fourth-order valence-corrected chi connectivity index (χ4v) is 2.91. The third-order valence-corrected chi connectivity index (χ3v) is 4.29. The lowest BCUT2D eigenvalue weighted by molar-refractivity contribution is 0.463. The smallest absolute Gasteiger partial charge is 0.241 e. The van der Waals surface area contributed by atoms with E-state index in [4.69, 9.17) is 4.42 Å². The summed E-state index contributed by atoms with van der Waals surface area (Å²) in [7, 11) is 0. The molecule has 0 saturated carbocycles. The molecule has 8 heteroatoms. The van der Waals surface area contributed by atoms with Gasteiger partial charge in [-0.2, -0.15) is 19.6 Å². The molecule has 3 heterocycles. The molecule has 4 aromatic rings. The molecule has 0 aliphatic rings. The third-order valence-electron chi connectivity index (χ3n) is 4.29. The summed E-state index contributed by atoms with van der Waals surface area (Å²) in [5.74, 6) is 1.99. The first-order valence-electron chi connectivity index (χ1n) is 9.38. The number of hydrogen-bond acceptors (Lipinski definition) is 6. The molecular weight excluding hydrogens is 371 g/mol.